The Labute approximate surface area is 202 Å². The number of halogens is 4. The number of benzene rings is 2. The highest BCUT2D eigenvalue weighted by Gasteiger charge is 2.14. The fourth-order valence-corrected chi connectivity index (χ4v) is 4.35. The molecule has 4 rings (SSSR count). The first-order valence-corrected chi connectivity index (χ1v) is 11.3. The van der Waals surface area contributed by atoms with E-state index < -0.39 is 6.61 Å². The third-order valence-corrected chi connectivity index (χ3v) is 6.22. The average molecular weight is 506 g/mol. The van der Waals surface area contributed by atoms with Gasteiger partial charge >= 0.3 is 6.61 Å². The summed E-state index contributed by atoms with van der Waals surface area (Å²) in [5.74, 6) is -0.239. The SMILES string of the molecule is CN=c1scc(-c2ccc(OC(F)F)cc2)n1N=Cc1c(C)nn(Cc2ccc(F)cc2)c1Cl. The van der Waals surface area contributed by atoms with Crippen molar-refractivity contribution in [2.45, 2.75) is 20.1 Å². The van der Waals surface area contributed by atoms with Crippen LogP contribution in [0.2, 0.25) is 5.15 Å². The van der Waals surface area contributed by atoms with E-state index in [1.807, 2.05) is 12.3 Å². The Bertz CT molecular complexity index is 1380. The maximum atomic E-state index is 13.2. The van der Waals surface area contributed by atoms with Gasteiger partial charge in [-0.15, -0.1) is 11.3 Å². The topological polar surface area (TPSA) is 56.7 Å². The summed E-state index contributed by atoms with van der Waals surface area (Å²) in [6.07, 6.45) is 1.60. The van der Waals surface area contributed by atoms with Gasteiger partial charge in [0.15, 0.2) is 0 Å². The Morgan fingerprint density at radius 3 is 2.50 bits per heavy atom. The van der Waals surface area contributed by atoms with E-state index in [0.717, 1.165) is 16.8 Å². The van der Waals surface area contributed by atoms with Gasteiger partial charge in [-0.05, 0) is 48.9 Å². The first kappa shape index (κ1) is 23.8. The zero-order chi connectivity index (χ0) is 24.2. The average Bonchev–Trinajstić information content (AvgIpc) is 3.34. The van der Waals surface area contributed by atoms with Crippen LogP contribution in [0.3, 0.4) is 0 Å². The van der Waals surface area contributed by atoms with Gasteiger partial charge in [-0.2, -0.15) is 19.0 Å². The second-order valence-electron chi connectivity index (χ2n) is 7.16. The lowest BCUT2D eigenvalue weighted by molar-refractivity contribution is -0.0498. The van der Waals surface area contributed by atoms with Gasteiger partial charge in [0.25, 0.3) is 0 Å². The quantitative estimate of drug-likeness (QED) is 0.308. The Morgan fingerprint density at radius 1 is 1.15 bits per heavy atom. The summed E-state index contributed by atoms with van der Waals surface area (Å²) in [7, 11) is 1.65. The van der Waals surface area contributed by atoms with Crippen molar-refractivity contribution < 1.29 is 17.9 Å². The second-order valence-corrected chi connectivity index (χ2v) is 8.35. The van der Waals surface area contributed by atoms with Crippen molar-refractivity contribution in [3.05, 3.63) is 86.5 Å². The summed E-state index contributed by atoms with van der Waals surface area (Å²) in [6.45, 7) is -0.683. The van der Waals surface area contributed by atoms with Gasteiger partial charge in [0.05, 0.1) is 29.7 Å². The van der Waals surface area contributed by atoms with Crippen molar-refractivity contribution in [3.8, 4) is 17.0 Å². The molecular formula is C23H19ClF3N5OS. The highest BCUT2D eigenvalue weighted by atomic mass is 35.5. The number of aryl methyl sites for hydroxylation is 1. The molecule has 0 fully saturated rings. The lowest BCUT2D eigenvalue weighted by Gasteiger charge is -2.06. The minimum Gasteiger partial charge on any atom is -0.435 e. The van der Waals surface area contributed by atoms with E-state index in [1.165, 1.54) is 35.6 Å². The lowest BCUT2D eigenvalue weighted by atomic mass is 10.2. The highest BCUT2D eigenvalue weighted by Crippen LogP contribution is 2.25. The second kappa shape index (κ2) is 10.3. The molecule has 0 atom stereocenters. The van der Waals surface area contributed by atoms with Gasteiger partial charge < -0.3 is 4.74 Å². The largest absolute Gasteiger partial charge is 0.435 e. The number of ether oxygens (including phenoxy) is 1. The number of alkyl halides is 2. The molecule has 34 heavy (non-hydrogen) atoms. The molecule has 2 aromatic carbocycles. The highest BCUT2D eigenvalue weighted by molar-refractivity contribution is 7.07. The maximum absolute atomic E-state index is 13.2. The van der Waals surface area contributed by atoms with Crippen molar-refractivity contribution in [3.63, 3.8) is 0 Å². The van der Waals surface area contributed by atoms with Crippen molar-refractivity contribution in [1.29, 1.82) is 0 Å². The molecule has 2 heterocycles. The van der Waals surface area contributed by atoms with Crippen molar-refractivity contribution in [2.75, 3.05) is 7.05 Å². The molecule has 0 saturated heterocycles. The summed E-state index contributed by atoms with van der Waals surface area (Å²) in [4.78, 5) is 4.89. The summed E-state index contributed by atoms with van der Waals surface area (Å²) in [5.41, 5.74) is 3.64. The Hall–Kier alpha value is -3.37. The number of hydrogen-bond acceptors (Lipinski definition) is 5. The van der Waals surface area contributed by atoms with E-state index in [9.17, 15) is 13.2 Å². The maximum Gasteiger partial charge on any atom is 0.387 e. The monoisotopic (exact) mass is 505 g/mol. The van der Waals surface area contributed by atoms with Gasteiger partial charge in [-0.25, -0.2) is 13.7 Å². The van der Waals surface area contributed by atoms with Gasteiger partial charge in [-0.1, -0.05) is 23.7 Å². The van der Waals surface area contributed by atoms with Crippen LogP contribution in [0, 0.1) is 12.7 Å². The van der Waals surface area contributed by atoms with Crippen molar-refractivity contribution in [1.82, 2.24) is 14.5 Å². The van der Waals surface area contributed by atoms with Crippen LogP contribution >= 0.6 is 22.9 Å². The zero-order valence-electron chi connectivity index (χ0n) is 18.1. The van der Waals surface area contributed by atoms with Gasteiger partial charge in [0, 0.05) is 18.0 Å². The van der Waals surface area contributed by atoms with Gasteiger partial charge in [-0.3, -0.25) is 4.99 Å². The van der Waals surface area contributed by atoms with Gasteiger partial charge in [0.1, 0.15) is 16.7 Å². The molecule has 0 amide bonds. The summed E-state index contributed by atoms with van der Waals surface area (Å²) in [6, 6.07) is 12.4. The van der Waals surface area contributed by atoms with Crippen molar-refractivity contribution >= 4 is 29.2 Å². The summed E-state index contributed by atoms with van der Waals surface area (Å²) >= 11 is 7.95. The van der Waals surface area contributed by atoms with E-state index in [0.29, 0.717) is 27.8 Å². The molecule has 0 radical (unpaired) electrons. The van der Waals surface area contributed by atoms with E-state index in [2.05, 4.69) is 19.9 Å². The van der Waals surface area contributed by atoms with Crippen LogP contribution < -0.4 is 9.54 Å². The van der Waals surface area contributed by atoms with Crippen LogP contribution in [0.1, 0.15) is 16.8 Å². The predicted octanol–water partition coefficient (Wildman–Crippen LogP) is 5.58. The van der Waals surface area contributed by atoms with Crippen LogP contribution in [0.15, 0.2) is 64.0 Å². The van der Waals surface area contributed by atoms with Crippen LogP contribution in [0.4, 0.5) is 13.2 Å². The Morgan fingerprint density at radius 2 is 1.85 bits per heavy atom. The fourth-order valence-electron chi connectivity index (χ4n) is 3.26. The van der Waals surface area contributed by atoms with E-state index in [-0.39, 0.29) is 11.6 Å². The first-order valence-electron chi connectivity index (χ1n) is 10.1. The van der Waals surface area contributed by atoms with E-state index in [4.69, 9.17) is 11.6 Å². The molecule has 0 unspecified atom stereocenters. The van der Waals surface area contributed by atoms with Gasteiger partial charge in [0.2, 0.25) is 4.80 Å². The van der Waals surface area contributed by atoms with Crippen LogP contribution in [0.5, 0.6) is 5.75 Å². The number of thiazole rings is 1. The van der Waals surface area contributed by atoms with Crippen LogP contribution in [-0.2, 0) is 6.54 Å². The molecule has 2 aromatic heterocycles. The molecule has 0 saturated carbocycles. The molecule has 0 aliphatic rings. The normalized spacial score (nSPS) is 12.3. The molecule has 0 bridgehead atoms. The minimum atomic E-state index is -2.89. The molecule has 176 valence electrons. The standard InChI is InChI=1S/C23H19ClF3N5OS/c1-14-19(21(24)31(30-14)12-15-3-7-17(25)8-4-15)11-29-32-20(13-34-23(32)28-2)16-5-9-18(10-6-16)33-22(26)27/h3-11,13,22H,12H2,1-2H3. The van der Waals surface area contributed by atoms with E-state index >= 15 is 0 Å². The molecule has 0 spiro atoms. The minimum absolute atomic E-state index is 0.0698. The Balaban J connectivity index is 1.64. The van der Waals surface area contributed by atoms with Crippen LogP contribution in [0.25, 0.3) is 11.3 Å². The summed E-state index contributed by atoms with van der Waals surface area (Å²) < 4.78 is 45.7. The van der Waals surface area contributed by atoms with Crippen LogP contribution in [-0.4, -0.2) is 34.3 Å². The number of hydrogen-bond donors (Lipinski definition) is 0. The first-order chi connectivity index (χ1) is 16.4. The Kier molecular flexibility index (Phi) is 7.18. The fraction of sp³-hybridized carbons (Fsp3) is 0.174. The zero-order valence-corrected chi connectivity index (χ0v) is 19.7. The number of rotatable bonds is 7. The number of aromatic nitrogens is 3. The van der Waals surface area contributed by atoms with E-state index in [1.54, 1.807) is 46.9 Å². The molecule has 0 N–H and O–H groups in total. The molecule has 11 heteroatoms. The molecule has 0 aliphatic carbocycles. The molecule has 4 aromatic rings. The number of nitrogens with zero attached hydrogens (tertiary/aromatic N) is 5. The third-order valence-electron chi connectivity index (χ3n) is 4.91. The smallest absolute Gasteiger partial charge is 0.387 e. The van der Waals surface area contributed by atoms with Crippen molar-refractivity contribution in [2.24, 2.45) is 10.1 Å². The predicted molar refractivity (Wildman–Crippen MR) is 126 cm³/mol. The molecular weight excluding hydrogens is 487 g/mol. The summed E-state index contributed by atoms with van der Waals surface area (Å²) in [5, 5.41) is 11.3. The molecule has 0 aliphatic heterocycles. The molecule has 6 nitrogen and oxygen atoms in total. The third kappa shape index (κ3) is 5.23. The lowest BCUT2D eigenvalue weighted by Crippen LogP contribution is -2.11.